The fourth-order valence-corrected chi connectivity index (χ4v) is 7.40. The number of amides is 1. The van der Waals surface area contributed by atoms with Gasteiger partial charge >= 0.3 is 0 Å². The second-order valence-electron chi connectivity index (χ2n) is 9.56. The highest BCUT2D eigenvalue weighted by Crippen LogP contribution is 2.32. The summed E-state index contributed by atoms with van der Waals surface area (Å²) < 4.78 is 45.2. The monoisotopic (exact) mass is 531 g/mol. The predicted octanol–water partition coefficient (Wildman–Crippen LogP) is 2.84. The van der Waals surface area contributed by atoms with Gasteiger partial charge in [-0.2, -0.15) is 4.31 Å². The van der Waals surface area contributed by atoms with E-state index >= 15 is 0 Å². The molecule has 2 aromatic rings. The number of ether oxygens (including phenoxy) is 3. The summed E-state index contributed by atoms with van der Waals surface area (Å²) in [6, 6.07) is 11.1. The van der Waals surface area contributed by atoms with Crippen LogP contribution in [0.25, 0.3) is 0 Å². The minimum atomic E-state index is -3.70. The average Bonchev–Trinajstić information content (AvgIpc) is 3.37. The summed E-state index contributed by atoms with van der Waals surface area (Å²) in [6.07, 6.45) is 1.47. The number of para-hydroxylation sites is 2. The predicted molar refractivity (Wildman–Crippen MR) is 142 cm³/mol. The Hall–Kier alpha value is -2.82. The average molecular weight is 532 g/mol. The number of nitrogens with zero attached hydrogens (tertiary/aromatic N) is 3. The van der Waals surface area contributed by atoms with Crippen LogP contribution in [0.5, 0.6) is 11.5 Å². The molecule has 37 heavy (non-hydrogen) atoms. The molecule has 2 aliphatic heterocycles. The molecule has 0 saturated carbocycles. The van der Waals surface area contributed by atoms with Crippen LogP contribution in [0.1, 0.15) is 24.0 Å². The van der Waals surface area contributed by atoms with Crippen LogP contribution in [0.2, 0.25) is 0 Å². The van der Waals surface area contributed by atoms with Crippen molar-refractivity contribution in [1.82, 2.24) is 9.21 Å². The third kappa shape index (κ3) is 5.86. The first-order valence-corrected chi connectivity index (χ1v) is 14.1. The van der Waals surface area contributed by atoms with Gasteiger partial charge in [-0.25, -0.2) is 8.42 Å². The Bertz CT molecular complexity index is 1190. The molecule has 2 heterocycles. The number of anilines is 1. The number of benzene rings is 2. The molecule has 0 aliphatic carbocycles. The number of piperazine rings is 1. The molecule has 2 fully saturated rings. The van der Waals surface area contributed by atoms with E-state index in [1.54, 1.807) is 45.1 Å². The first kappa shape index (κ1) is 27.2. The Morgan fingerprint density at radius 2 is 1.65 bits per heavy atom. The molecule has 0 spiro atoms. The maximum absolute atomic E-state index is 13.6. The van der Waals surface area contributed by atoms with Crippen LogP contribution in [-0.4, -0.2) is 89.7 Å². The molecule has 2 aromatic carbocycles. The van der Waals surface area contributed by atoms with E-state index in [4.69, 9.17) is 14.2 Å². The lowest BCUT2D eigenvalue weighted by Crippen LogP contribution is -2.50. The minimum absolute atomic E-state index is 0.0559. The number of aryl methyl sites for hydroxylation is 2. The Balaban J connectivity index is 1.31. The van der Waals surface area contributed by atoms with Gasteiger partial charge in [-0.3, -0.25) is 4.79 Å². The molecule has 1 atom stereocenters. The van der Waals surface area contributed by atoms with E-state index in [0.717, 1.165) is 17.9 Å². The standard InChI is InChI=1S/C27H37N3O6S/c1-20-16-23(34-3)17-21(2)27(20)37(32,33)30-11-7-8-22(30)18-36-19-26(31)29-14-12-28(13-15-29)24-9-5-6-10-25(24)35-4/h5-6,9-10,16-17,22H,7-8,11-15,18-19H2,1-4H3. The van der Waals surface area contributed by atoms with Gasteiger partial charge in [0.1, 0.15) is 18.1 Å². The Morgan fingerprint density at radius 1 is 0.973 bits per heavy atom. The largest absolute Gasteiger partial charge is 0.497 e. The van der Waals surface area contributed by atoms with E-state index in [0.29, 0.717) is 60.9 Å². The van der Waals surface area contributed by atoms with Crippen molar-refractivity contribution in [3.63, 3.8) is 0 Å². The molecule has 1 amide bonds. The second-order valence-corrected chi connectivity index (χ2v) is 11.4. The lowest BCUT2D eigenvalue weighted by atomic mass is 10.1. The number of hydrogen-bond acceptors (Lipinski definition) is 7. The van der Waals surface area contributed by atoms with Crippen LogP contribution < -0.4 is 14.4 Å². The minimum Gasteiger partial charge on any atom is -0.497 e. The summed E-state index contributed by atoms with van der Waals surface area (Å²) in [5, 5.41) is 0. The van der Waals surface area contributed by atoms with Gasteiger partial charge in [0.15, 0.2) is 0 Å². The Kier molecular flexibility index (Phi) is 8.61. The van der Waals surface area contributed by atoms with Crippen LogP contribution in [0.3, 0.4) is 0 Å². The molecule has 10 heteroatoms. The van der Waals surface area contributed by atoms with Crippen molar-refractivity contribution in [2.24, 2.45) is 0 Å². The smallest absolute Gasteiger partial charge is 0.248 e. The Morgan fingerprint density at radius 3 is 2.30 bits per heavy atom. The zero-order valence-corrected chi connectivity index (χ0v) is 22.9. The van der Waals surface area contributed by atoms with Crippen molar-refractivity contribution in [3.8, 4) is 11.5 Å². The Labute approximate surface area is 219 Å². The number of hydrogen-bond donors (Lipinski definition) is 0. The molecule has 0 N–H and O–H groups in total. The maximum atomic E-state index is 13.6. The summed E-state index contributed by atoms with van der Waals surface area (Å²) in [7, 11) is -0.471. The van der Waals surface area contributed by atoms with Crippen molar-refractivity contribution in [3.05, 3.63) is 47.5 Å². The second kappa shape index (κ2) is 11.7. The van der Waals surface area contributed by atoms with Crippen molar-refractivity contribution >= 4 is 21.6 Å². The molecular weight excluding hydrogens is 494 g/mol. The van der Waals surface area contributed by atoms with Gasteiger partial charge in [-0.05, 0) is 62.1 Å². The zero-order valence-electron chi connectivity index (χ0n) is 22.1. The van der Waals surface area contributed by atoms with E-state index < -0.39 is 10.0 Å². The number of rotatable bonds is 9. The molecule has 1 unspecified atom stereocenters. The molecule has 2 saturated heterocycles. The number of carbonyl (C=O) groups excluding carboxylic acids is 1. The summed E-state index contributed by atoms with van der Waals surface area (Å²) in [5.41, 5.74) is 2.34. The fraction of sp³-hybridized carbons (Fsp3) is 0.519. The normalized spacial score (nSPS) is 18.8. The summed E-state index contributed by atoms with van der Waals surface area (Å²) in [4.78, 5) is 17.1. The summed E-state index contributed by atoms with van der Waals surface area (Å²) >= 11 is 0. The van der Waals surface area contributed by atoms with Crippen molar-refractivity contribution in [2.45, 2.75) is 37.6 Å². The van der Waals surface area contributed by atoms with Gasteiger partial charge in [0, 0.05) is 38.8 Å². The zero-order chi connectivity index (χ0) is 26.6. The van der Waals surface area contributed by atoms with Crippen LogP contribution in [0, 0.1) is 13.8 Å². The molecule has 4 rings (SSSR count). The first-order chi connectivity index (χ1) is 17.8. The summed E-state index contributed by atoms with van der Waals surface area (Å²) in [5.74, 6) is 1.38. The molecule has 0 aromatic heterocycles. The highest BCUT2D eigenvalue weighted by molar-refractivity contribution is 7.89. The van der Waals surface area contributed by atoms with E-state index in [1.165, 1.54) is 4.31 Å². The van der Waals surface area contributed by atoms with Crippen molar-refractivity contribution < 1.29 is 27.4 Å². The fourth-order valence-electron chi connectivity index (χ4n) is 5.31. The molecular formula is C27H37N3O6S. The number of carbonyl (C=O) groups is 1. The van der Waals surface area contributed by atoms with Gasteiger partial charge in [0.25, 0.3) is 0 Å². The quantitative estimate of drug-likeness (QED) is 0.492. The molecule has 0 radical (unpaired) electrons. The molecule has 0 bridgehead atoms. The lowest BCUT2D eigenvalue weighted by Gasteiger charge is -2.36. The van der Waals surface area contributed by atoms with Crippen molar-refractivity contribution in [1.29, 1.82) is 0 Å². The van der Waals surface area contributed by atoms with Crippen LogP contribution in [0.4, 0.5) is 5.69 Å². The summed E-state index contributed by atoms with van der Waals surface area (Å²) in [6.45, 7) is 6.77. The molecule has 2 aliphatic rings. The van der Waals surface area contributed by atoms with Gasteiger partial charge in [0.2, 0.25) is 15.9 Å². The number of sulfonamides is 1. The van der Waals surface area contributed by atoms with E-state index in [-0.39, 0.29) is 25.2 Å². The first-order valence-electron chi connectivity index (χ1n) is 12.7. The maximum Gasteiger partial charge on any atom is 0.248 e. The van der Waals surface area contributed by atoms with Crippen molar-refractivity contribution in [2.75, 3.05) is 65.1 Å². The van der Waals surface area contributed by atoms with Crippen LogP contribution in [-0.2, 0) is 19.6 Å². The lowest BCUT2D eigenvalue weighted by molar-refractivity contribution is -0.136. The molecule has 202 valence electrons. The topological polar surface area (TPSA) is 88.6 Å². The third-order valence-electron chi connectivity index (χ3n) is 7.15. The highest BCUT2D eigenvalue weighted by atomic mass is 32.2. The van der Waals surface area contributed by atoms with Crippen LogP contribution >= 0.6 is 0 Å². The van der Waals surface area contributed by atoms with E-state index in [9.17, 15) is 13.2 Å². The highest BCUT2D eigenvalue weighted by Gasteiger charge is 2.37. The van der Waals surface area contributed by atoms with Gasteiger partial charge < -0.3 is 24.0 Å². The van der Waals surface area contributed by atoms with E-state index in [2.05, 4.69) is 4.90 Å². The SMILES string of the molecule is COc1cc(C)c(S(=O)(=O)N2CCCC2COCC(=O)N2CCN(c3ccccc3OC)CC2)c(C)c1. The van der Waals surface area contributed by atoms with E-state index in [1.807, 2.05) is 24.3 Å². The number of methoxy groups -OCH3 is 2. The van der Waals surface area contributed by atoms with Crippen LogP contribution in [0.15, 0.2) is 41.3 Å². The van der Waals surface area contributed by atoms with Gasteiger partial charge in [0.05, 0.1) is 31.4 Å². The van der Waals surface area contributed by atoms with Gasteiger partial charge in [-0.1, -0.05) is 12.1 Å². The van der Waals surface area contributed by atoms with Gasteiger partial charge in [-0.15, -0.1) is 0 Å². The molecule has 9 nitrogen and oxygen atoms in total. The third-order valence-corrected chi connectivity index (χ3v) is 9.41.